The van der Waals surface area contributed by atoms with Gasteiger partial charge in [0.25, 0.3) is 0 Å². The minimum absolute atomic E-state index is 0.0100. The number of aliphatic hydroxyl groups excluding tert-OH is 2. The number of carbonyl (C=O) groups excluding carboxylic acids is 1. The molecule has 0 spiro atoms. The van der Waals surface area contributed by atoms with Crippen molar-refractivity contribution in [2.24, 2.45) is 0 Å². The summed E-state index contributed by atoms with van der Waals surface area (Å²) in [6.45, 7) is 0.259. The molecule has 5 rings (SSSR count). The Balaban J connectivity index is 1.37. The van der Waals surface area contributed by atoms with Crippen molar-refractivity contribution in [2.75, 3.05) is 6.61 Å². The number of benzene rings is 2. The van der Waals surface area contributed by atoms with Crippen molar-refractivity contribution in [1.82, 2.24) is 4.90 Å². The molecule has 5 heteroatoms. The lowest BCUT2D eigenvalue weighted by Gasteiger charge is -2.49. The van der Waals surface area contributed by atoms with Gasteiger partial charge in [-0.15, -0.1) is 0 Å². The van der Waals surface area contributed by atoms with Crippen LogP contribution in [-0.4, -0.2) is 52.1 Å². The number of piperidine rings is 2. The molecule has 2 aromatic rings. The van der Waals surface area contributed by atoms with Crippen LogP contribution in [0.4, 0.5) is 4.79 Å². The third kappa shape index (κ3) is 2.73. The fraction of sp³-hybridized carbons (Fsp3) is 0.435. The molecule has 28 heavy (non-hydrogen) atoms. The van der Waals surface area contributed by atoms with Crippen LogP contribution in [0.1, 0.15) is 42.7 Å². The van der Waals surface area contributed by atoms with Gasteiger partial charge in [0.15, 0.2) is 0 Å². The summed E-state index contributed by atoms with van der Waals surface area (Å²) >= 11 is 0. The first-order valence-corrected chi connectivity index (χ1v) is 10.1. The lowest BCUT2D eigenvalue weighted by molar-refractivity contribution is -0.0881. The number of aliphatic hydroxyl groups is 2. The standard InChI is InChI=1S/C23H25NO4/c25-21-11-9-19-22(26)12-10-20(21)24(19)23(27)28-13-18-16-7-3-1-5-14(16)15-6-2-4-8-17(15)18/h1-8,18-22,25-26H,9-13H2. The van der Waals surface area contributed by atoms with Crippen molar-refractivity contribution < 1.29 is 19.7 Å². The van der Waals surface area contributed by atoms with E-state index < -0.39 is 18.3 Å². The Morgan fingerprint density at radius 3 is 1.89 bits per heavy atom. The van der Waals surface area contributed by atoms with Gasteiger partial charge in [-0.3, -0.25) is 4.90 Å². The van der Waals surface area contributed by atoms with E-state index in [-0.39, 0.29) is 24.6 Å². The van der Waals surface area contributed by atoms with Gasteiger partial charge in [0.05, 0.1) is 24.3 Å². The molecule has 3 aliphatic rings. The Bertz CT molecular complexity index is 834. The summed E-state index contributed by atoms with van der Waals surface area (Å²) in [6, 6.07) is 16.0. The normalized spacial score (nSPS) is 28.6. The first-order valence-electron chi connectivity index (χ1n) is 10.1. The highest BCUT2D eigenvalue weighted by Crippen LogP contribution is 2.44. The second-order valence-electron chi connectivity index (χ2n) is 8.14. The van der Waals surface area contributed by atoms with E-state index in [0.717, 1.165) is 0 Å². The second kappa shape index (κ2) is 6.90. The molecule has 2 fully saturated rings. The largest absolute Gasteiger partial charge is 0.448 e. The van der Waals surface area contributed by atoms with E-state index in [2.05, 4.69) is 24.3 Å². The highest BCUT2D eigenvalue weighted by Gasteiger charge is 2.46. The average molecular weight is 379 g/mol. The van der Waals surface area contributed by atoms with E-state index in [0.29, 0.717) is 25.7 Å². The molecule has 2 aromatic carbocycles. The van der Waals surface area contributed by atoms with Gasteiger partial charge in [-0.05, 0) is 47.9 Å². The Morgan fingerprint density at radius 1 is 0.857 bits per heavy atom. The summed E-state index contributed by atoms with van der Waals surface area (Å²) in [5.74, 6) is 0.0100. The quantitative estimate of drug-likeness (QED) is 0.840. The monoisotopic (exact) mass is 379 g/mol. The second-order valence-corrected chi connectivity index (χ2v) is 8.14. The third-order valence-corrected chi connectivity index (χ3v) is 6.67. The SMILES string of the molecule is O=C(OCC1c2ccccc2-c2ccccc21)N1C2CCC(O)C1CCC2O. The van der Waals surface area contributed by atoms with Crippen molar-refractivity contribution in [2.45, 2.75) is 55.9 Å². The fourth-order valence-electron chi connectivity index (χ4n) is 5.29. The predicted octanol–water partition coefficient (Wildman–Crippen LogP) is 3.28. The molecule has 4 unspecified atom stereocenters. The molecule has 1 amide bonds. The lowest BCUT2D eigenvalue weighted by atomic mass is 9.81. The number of hydrogen-bond acceptors (Lipinski definition) is 4. The Kier molecular flexibility index (Phi) is 4.37. The molecule has 1 aliphatic carbocycles. The molecule has 4 atom stereocenters. The van der Waals surface area contributed by atoms with Crippen molar-refractivity contribution in [3.8, 4) is 11.1 Å². The number of carbonyl (C=O) groups is 1. The van der Waals surface area contributed by atoms with Crippen molar-refractivity contribution in [3.05, 3.63) is 59.7 Å². The zero-order valence-corrected chi connectivity index (χ0v) is 15.7. The van der Waals surface area contributed by atoms with Gasteiger partial charge in [-0.25, -0.2) is 4.79 Å². The van der Waals surface area contributed by atoms with Crippen LogP contribution in [0.15, 0.2) is 48.5 Å². The first kappa shape index (κ1) is 17.7. The van der Waals surface area contributed by atoms with Crippen LogP contribution in [-0.2, 0) is 4.74 Å². The van der Waals surface area contributed by atoms with Gasteiger partial charge in [0.2, 0.25) is 0 Å². The molecule has 2 heterocycles. The van der Waals surface area contributed by atoms with Gasteiger partial charge in [-0.2, -0.15) is 0 Å². The minimum atomic E-state index is -0.538. The molecule has 0 radical (unpaired) electrons. The van der Waals surface area contributed by atoms with Gasteiger partial charge in [0, 0.05) is 5.92 Å². The molecule has 0 saturated carbocycles. The molecule has 146 valence electrons. The predicted molar refractivity (Wildman–Crippen MR) is 105 cm³/mol. The molecule has 2 bridgehead atoms. The van der Waals surface area contributed by atoms with E-state index in [9.17, 15) is 15.0 Å². The van der Waals surface area contributed by atoms with E-state index in [4.69, 9.17) is 4.74 Å². The van der Waals surface area contributed by atoms with E-state index in [1.54, 1.807) is 4.90 Å². The first-order chi connectivity index (χ1) is 13.6. The van der Waals surface area contributed by atoms with Gasteiger partial charge in [-0.1, -0.05) is 48.5 Å². The van der Waals surface area contributed by atoms with E-state index in [1.165, 1.54) is 22.3 Å². The van der Waals surface area contributed by atoms with Crippen LogP contribution in [0.25, 0.3) is 11.1 Å². The minimum Gasteiger partial charge on any atom is -0.448 e. The van der Waals surface area contributed by atoms with Crippen molar-refractivity contribution in [1.29, 1.82) is 0 Å². The van der Waals surface area contributed by atoms with Crippen LogP contribution in [0.3, 0.4) is 0 Å². The van der Waals surface area contributed by atoms with Gasteiger partial charge in [0.1, 0.15) is 6.61 Å². The Hall–Kier alpha value is -2.37. The summed E-state index contributed by atoms with van der Waals surface area (Å²) in [5, 5.41) is 20.7. The molecule has 2 aliphatic heterocycles. The van der Waals surface area contributed by atoms with Crippen LogP contribution >= 0.6 is 0 Å². The highest BCUT2D eigenvalue weighted by atomic mass is 16.6. The summed E-state index contributed by atoms with van der Waals surface area (Å²) in [6.07, 6.45) is 0.980. The maximum absolute atomic E-state index is 13.0. The molecule has 0 aromatic heterocycles. The number of nitrogens with zero attached hydrogens (tertiary/aromatic N) is 1. The molecule has 2 N–H and O–H groups in total. The van der Waals surface area contributed by atoms with E-state index >= 15 is 0 Å². The molecular weight excluding hydrogens is 354 g/mol. The Labute approximate surface area is 164 Å². The number of ether oxygens (including phenoxy) is 1. The topological polar surface area (TPSA) is 70.0 Å². The lowest BCUT2D eigenvalue weighted by Crippen LogP contribution is -2.62. The Morgan fingerprint density at radius 2 is 1.36 bits per heavy atom. The number of hydrogen-bond donors (Lipinski definition) is 2. The number of amides is 1. The smallest absolute Gasteiger partial charge is 0.410 e. The van der Waals surface area contributed by atoms with Crippen molar-refractivity contribution >= 4 is 6.09 Å². The zero-order valence-electron chi connectivity index (χ0n) is 15.7. The molecule has 5 nitrogen and oxygen atoms in total. The van der Waals surface area contributed by atoms with Gasteiger partial charge < -0.3 is 14.9 Å². The molecular formula is C23H25NO4. The highest BCUT2D eigenvalue weighted by molar-refractivity contribution is 5.79. The number of rotatable bonds is 2. The summed E-state index contributed by atoms with van der Waals surface area (Å²) < 4.78 is 5.78. The zero-order chi connectivity index (χ0) is 19.3. The number of fused-ring (bicyclic) bond motifs is 5. The third-order valence-electron chi connectivity index (χ3n) is 6.67. The van der Waals surface area contributed by atoms with Crippen LogP contribution in [0, 0.1) is 0 Å². The fourth-order valence-corrected chi connectivity index (χ4v) is 5.29. The van der Waals surface area contributed by atoms with Crippen molar-refractivity contribution in [3.63, 3.8) is 0 Å². The van der Waals surface area contributed by atoms with Gasteiger partial charge >= 0.3 is 6.09 Å². The summed E-state index contributed by atoms with van der Waals surface area (Å²) in [4.78, 5) is 14.6. The average Bonchev–Trinajstić information content (AvgIpc) is 3.04. The summed E-state index contributed by atoms with van der Waals surface area (Å²) in [7, 11) is 0. The summed E-state index contributed by atoms with van der Waals surface area (Å²) in [5.41, 5.74) is 4.74. The van der Waals surface area contributed by atoms with Crippen LogP contribution < -0.4 is 0 Å². The molecule has 2 saturated heterocycles. The maximum Gasteiger partial charge on any atom is 0.410 e. The van der Waals surface area contributed by atoms with Crippen LogP contribution in [0.2, 0.25) is 0 Å². The maximum atomic E-state index is 13.0. The van der Waals surface area contributed by atoms with Crippen LogP contribution in [0.5, 0.6) is 0 Å². The van der Waals surface area contributed by atoms with E-state index in [1.807, 2.05) is 24.3 Å².